The number of aromatic nitrogens is 3. The van der Waals surface area contributed by atoms with Crippen molar-refractivity contribution in [3.05, 3.63) is 35.0 Å². The largest absolute Gasteiger partial charge is 0.476 e. The number of hydrogen-bond donors (Lipinski definition) is 1. The minimum absolute atomic E-state index is 0.0176. The lowest BCUT2D eigenvalue weighted by molar-refractivity contribution is 0.0690. The highest BCUT2D eigenvalue weighted by atomic mass is 16.4. The lowest BCUT2D eigenvalue weighted by atomic mass is 9.94. The molecule has 24 heavy (non-hydrogen) atoms. The van der Waals surface area contributed by atoms with Crippen LogP contribution in [0.1, 0.15) is 53.7 Å². The standard InChI is InChI=1S/C18H24N4O2/c1-12-9-10-13(2)15(11-12)22-19-16(18(23)24)17(20-22)21(3)14-7-5-4-6-8-14/h9-11,14H,4-8H2,1-3H3,(H,23,24). The molecule has 1 aliphatic carbocycles. The highest BCUT2D eigenvalue weighted by Crippen LogP contribution is 2.27. The van der Waals surface area contributed by atoms with Crippen molar-refractivity contribution in [2.24, 2.45) is 0 Å². The summed E-state index contributed by atoms with van der Waals surface area (Å²) in [6, 6.07) is 6.33. The van der Waals surface area contributed by atoms with Gasteiger partial charge in [-0.25, -0.2) is 4.79 Å². The number of carboxylic acids is 1. The summed E-state index contributed by atoms with van der Waals surface area (Å²) < 4.78 is 0. The van der Waals surface area contributed by atoms with E-state index in [2.05, 4.69) is 10.2 Å². The van der Waals surface area contributed by atoms with Crippen molar-refractivity contribution >= 4 is 11.8 Å². The van der Waals surface area contributed by atoms with Crippen LogP contribution in [0.3, 0.4) is 0 Å². The third-order valence-electron chi connectivity index (χ3n) is 4.84. The van der Waals surface area contributed by atoms with E-state index >= 15 is 0 Å². The predicted molar refractivity (Wildman–Crippen MR) is 93.1 cm³/mol. The summed E-state index contributed by atoms with van der Waals surface area (Å²) in [6.45, 7) is 3.97. The second-order valence-electron chi connectivity index (χ2n) is 6.66. The van der Waals surface area contributed by atoms with E-state index in [4.69, 9.17) is 0 Å². The van der Waals surface area contributed by atoms with Crippen molar-refractivity contribution in [1.82, 2.24) is 15.0 Å². The number of carboxylic acid groups (broad SMARTS) is 1. The first-order valence-electron chi connectivity index (χ1n) is 8.48. The number of aromatic carboxylic acids is 1. The van der Waals surface area contributed by atoms with Crippen molar-refractivity contribution < 1.29 is 9.90 Å². The molecule has 0 spiro atoms. The van der Waals surface area contributed by atoms with Gasteiger partial charge in [-0.15, -0.1) is 15.0 Å². The quantitative estimate of drug-likeness (QED) is 0.932. The van der Waals surface area contributed by atoms with Gasteiger partial charge < -0.3 is 10.0 Å². The van der Waals surface area contributed by atoms with Crippen LogP contribution in [0.25, 0.3) is 5.69 Å². The molecule has 1 N–H and O–H groups in total. The van der Waals surface area contributed by atoms with Crippen LogP contribution in [-0.4, -0.2) is 39.2 Å². The molecular formula is C18H24N4O2. The minimum Gasteiger partial charge on any atom is -0.476 e. The molecule has 3 rings (SSSR count). The molecule has 2 aromatic rings. The second-order valence-corrected chi connectivity index (χ2v) is 6.66. The maximum absolute atomic E-state index is 11.7. The Morgan fingerprint density at radius 3 is 2.58 bits per heavy atom. The SMILES string of the molecule is Cc1ccc(C)c(-n2nc(C(=O)O)c(N(C)C3CCCCC3)n2)c1. The third-order valence-corrected chi connectivity index (χ3v) is 4.84. The van der Waals surface area contributed by atoms with E-state index in [9.17, 15) is 9.90 Å². The van der Waals surface area contributed by atoms with Crippen LogP contribution < -0.4 is 4.90 Å². The summed E-state index contributed by atoms with van der Waals surface area (Å²) in [5, 5.41) is 18.3. The van der Waals surface area contributed by atoms with Crippen LogP contribution in [0.4, 0.5) is 5.82 Å². The van der Waals surface area contributed by atoms with Gasteiger partial charge in [-0.2, -0.15) is 0 Å². The molecule has 0 radical (unpaired) electrons. The first kappa shape index (κ1) is 16.5. The van der Waals surface area contributed by atoms with E-state index in [1.54, 1.807) is 0 Å². The van der Waals surface area contributed by atoms with Crippen molar-refractivity contribution in [2.75, 3.05) is 11.9 Å². The zero-order valence-corrected chi connectivity index (χ0v) is 14.5. The Kier molecular flexibility index (Phi) is 4.55. The van der Waals surface area contributed by atoms with Gasteiger partial charge in [-0.1, -0.05) is 31.4 Å². The zero-order chi connectivity index (χ0) is 17.3. The van der Waals surface area contributed by atoms with Crippen molar-refractivity contribution in [1.29, 1.82) is 0 Å². The molecule has 0 aliphatic heterocycles. The summed E-state index contributed by atoms with van der Waals surface area (Å²) in [4.78, 5) is 15.1. The maximum atomic E-state index is 11.7. The number of rotatable bonds is 4. The van der Waals surface area contributed by atoms with E-state index in [1.165, 1.54) is 24.1 Å². The fourth-order valence-corrected chi connectivity index (χ4v) is 3.36. The Morgan fingerprint density at radius 1 is 1.21 bits per heavy atom. The van der Waals surface area contributed by atoms with Crippen LogP contribution in [-0.2, 0) is 0 Å². The molecule has 0 atom stereocenters. The highest BCUT2D eigenvalue weighted by molar-refractivity contribution is 5.91. The van der Waals surface area contributed by atoms with Crippen molar-refractivity contribution in [3.8, 4) is 5.69 Å². The number of aryl methyl sites for hydroxylation is 2. The average molecular weight is 328 g/mol. The Morgan fingerprint density at radius 2 is 1.92 bits per heavy atom. The molecule has 1 aromatic heterocycles. The summed E-state index contributed by atoms with van der Waals surface area (Å²) in [5.41, 5.74) is 2.94. The first-order valence-corrected chi connectivity index (χ1v) is 8.48. The van der Waals surface area contributed by atoms with Crippen LogP contribution in [0.2, 0.25) is 0 Å². The summed E-state index contributed by atoms with van der Waals surface area (Å²) in [7, 11) is 1.93. The fraction of sp³-hybridized carbons (Fsp3) is 0.500. The molecule has 1 heterocycles. The Balaban J connectivity index is 2.01. The van der Waals surface area contributed by atoms with Crippen LogP contribution in [0.5, 0.6) is 0 Å². The number of nitrogens with zero attached hydrogens (tertiary/aromatic N) is 4. The van der Waals surface area contributed by atoms with Crippen LogP contribution in [0.15, 0.2) is 18.2 Å². The molecule has 1 fully saturated rings. The Bertz CT molecular complexity index is 747. The summed E-state index contributed by atoms with van der Waals surface area (Å²) >= 11 is 0. The van der Waals surface area contributed by atoms with E-state index in [-0.39, 0.29) is 5.69 Å². The first-order chi connectivity index (χ1) is 11.5. The molecule has 128 valence electrons. The van der Waals surface area contributed by atoms with E-state index in [0.717, 1.165) is 29.7 Å². The Labute approximate surface area is 142 Å². The van der Waals surface area contributed by atoms with E-state index < -0.39 is 5.97 Å². The molecule has 0 amide bonds. The van der Waals surface area contributed by atoms with Crippen molar-refractivity contribution in [3.63, 3.8) is 0 Å². The van der Waals surface area contributed by atoms with Crippen LogP contribution >= 0.6 is 0 Å². The lowest BCUT2D eigenvalue weighted by Crippen LogP contribution is -2.34. The minimum atomic E-state index is -1.04. The zero-order valence-electron chi connectivity index (χ0n) is 14.5. The smallest absolute Gasteiger partial charge is 0.360 e. The van der Waals surface area contributed by atoms with E-state index in [1.807, 2.05) is 44.0 Å². The number of benzene rings is 1. The molecule has 1 aliphatic rings. The van der Waals surface area contributed by atoms with Gasteiger partial charge >= 0.3 is 5.97 Å². The molecule has 6 heteroatoms. The Hall–Kier alpha value is -2.37. The topological polar surface area (TPSA) is 71.2 Å². The molecule has 0 bridgehead atoms. The van der Waals surface area contributed by atoms with E-state index in [0.29, 0.717) is 11.9 Å². The second kappa shape index (κ2) is 6.63. The maximum Gasteiger partial charge on any atom is 0.360 e. The van der Waals surface area contributed by atoms with Gasteiger partial charge in [0.25, 0.3) is 0 Å². The average Bonchev–Trinajstić information content (AvgIpc) is 3.02. The molecule has 1 saturated carbocycles. The van der Waals surface area contributed by atoms with Gasteiger partial charge in [0.15, 0.2) is 5.82 Å². The monoisotopic (exact) mass is 328 g/mol. The van der Waals surface area contributed by atoms with Gasteiger partial charge in [0.05, 0.1) is 5.69 Å². The van der Waals surface area contributed by atoms with Gasteiger partial charge in [-0.3, -0.25) is 0 Å². The van der Waals surface area contributed by atoms with Crippen LogP contribution in [0, 0.1) is 13.8 Å². The summed E-state index contributed by atoms with van der Waals surface area (Å²) in [5.74, 6) is -0.584. The molecule has 0 saturated heterocycles. The molecule has 6 nitrogen and oxygen atoms in total. The third kappa shape index (κ3) is 3.13. The number of carbonyl (C=O) groups is 1. The van der Waals surface area contributed by atoms with Crippen molar-refractivity contribution in [2.45, 2.75) is 52.0 Å². The lowest BCUT2D eigenvalue weighted by Gasteiger charge is -2.31. The van der Waals surface area contributed by atoms with Gasteiger partial charge in [0, 0.05) is 13.1 Å². The normalized spacial score (nSPS) is 15.5. The summed E-state index contributed by atoms with van der Waals surface area (Å²) in [6.07, 6.45) is 5.77. The molecular weight excluding hydrogens is 304 g/mol. The van der Waals surface area contributed by atoms with Gasteiger partial charge in [-0.05, 0) is 43.9 Å². The molecule has 1 aromatic carbocycles. The van der Waals surface area contributed by atoms with Gasteiger partial charge in [0.2, 0.25) is 5.69 Å². The molecule has 0 unspecified atom stereocenters. The fourth-order valence-electron chi connectivity index (χ4n) is 3.36. The predicted octanol–water partition coefficient (Wildman–Crippen LogP) is 3.35. The van der Waals surface area contributed by atoms with Gasteiger partial charge in [0.1, 0.15) is 0 Å². The number of hydrogen-bond acceptors (Lipinski definition) is 4. The number of anilines is 1. The highest BCUT2D eigenvalue weighted by Gasteiger charge is 2.27.